The summed E-state index contributed by atoms with van der Waals surface area (Å²) in [6, 6.07) is 13.1. The molecule has 0 unspecified atom stereocenters. The Morgan fingerprint density at radius 3 is 2.55 bits per heavy atom. The van der Waals surface area contributed by atoms with Crippen LogP contribution in [0.3, 0.4) is 0 Å². The third kappa shape index (κ3) is 4.80. The van der Waals surface area contributed by atoms with E-state index in [1.54, 1.807) is 27.0 Å². The van der Waals surface area contributed by atoms with E-state index in [-0.39, 0.29) is 18.6 Å². The molecule has 0 saturated heterocycles. The van der Waals surface area contributed by atoms with E-state index in [0.717, 1.165) is 16.9 Å². The maximum atomic E-state index is 12.6. The molecule has 0 atom stereocenters. The first-order valence-electron chi connectivity index (χ1n) is 9.49. The molecule has 29 heavy (non-hydrogen) atoms. The van der Waals surface area contributed by atoms with Crippen LogP contribution < -0.4 is 24.8 Å². The third-order valence-electron chi connectivity index (χ3n) is 4.90. The van der Waals surface area contributed by atoms with Crippen molar-refractivity contribution in [3.63, 3.8) is 0 Å². The van der Waals surface area contributed by atoms with Gasteiger partial charge in [0.1, 0.15) is 11.2 Å². The summed E-state index contributed by atoms with van der Waals surface area (Å²) in [5.41, 5.74) is 0.673. The van der Waals surface area contributed by atoms with Gasteiger partial charge >= 0.3 is 0 Å². The second-order valence-corrected chi connectivity index (χ2v) is 7.31. The number of para-hydroxylation sites is 1. The van der Waals surface area contributed by atoms with Gasteiger partial charge < -0.3 is 24.8 Å². The molecule has 154 valence electrons. The van der Waals surface area contributed by atoms with Crippen LogP contribution in [0.15, 0.2) is 42.5 Å². The van der Waals surface area contributed by atoms with E-state index in [1.165, 1.54) is 0 Å². The first kappa shape index (κ1) is 20.5. The van der Waals surface area contributed by atoms with Gasteiger partial charge in [0.2, 0.25) is 18.6 Å². The van der Waals surface area contributed by atoms with Crippen molar-refractivity contribution in [1.82, 2.24) is 10.6 Å². The average molecular weight is 398 g/mol. The molecular formula is C22H26N2O5. The van der Waals surface area contributed by atoms with Crippen molar-refractivity contribution in [1.29, 1.82) is 0 Å². The van der Waals surface area contributed by atoms with E-state index in [1.807, 2.05) is 36.4 Å². The van der Waals surface area contributed by atoms with Gasteiger partial charge in [-0.1, -0.05) is 24.3 Å². The number of ether oxygens (including phenoxy) is 3. The van der Waals surface area contributed by atoms with Crippen molar-refractivity contribution < 1.29 is 23.8 Å². The number of carbonyl (C=O) groups is 2. The molecule has 2 aromatic carbocycles. The highest BCUT2D eigenvalue weighted by Crippen LogP contribution is 2.32. The van der Waals surface area contributed by atoms with Crippen LogP contribution in [0.25, 0.3) is 0 Å². The van der Waals surface area contributed by atoms with Crippen LogP contribution in [0.5, 0.6) is 17.2 Å². The summed E-state index contributed by atoms with van der Waals surface area (Å²) in [4.78, 5) is 25.2. The number of nitrogens with one attached hydrogen (secondary N) is 2. The minimum absolute atomic E-state index is 0.202. The maximum Gasteiger partial charge on any atom is 0.235 e. The minimum atomic E-state index is -1.20. The number of hydrogen-bond donors (Lipinski definition) is 2. The zero-order valence-corrected chi connectivity index (χ0v) is 16.9. The molecule has 0 aliphatic carbocycles. The van der Waals surface area contributed by atoms with Gasteiger partial charge in [-0.3, -0.25) is 9.59 Å². The fraction of sp³-hybridized carbons (Fsp3) is 0.364. The van der Waals surface area contributed by atoms with E-state index < -0.39 is 5.41 Å². The standard InChI is InChI=1S/C22H26N2O5/c1-22(2,20(25)23-11-10-16-6-4-5-7-17(16)27-3)21(26)24-13-15-8-9-18-19(12-15)29-14-28-18/h4-9,12H,10-11,13-14H2,1-3H3,(H,23,25)(H,24,26). The van der Waals surface area contributed by atoms with Gasteiger partial charge in [-0.15, -0.1) is 0 Å². The number of fused-ring (bicyclic) bond motifs is 1. The predicted molar refractivity (Wildman–Crippen MR) is 108 cm³/mol. The van der Waals surface area contributed by atoms with E-state index >= 15 is 0 Å². The summed E-state index contributed by atoms with van der Waals surface area (Å²) in [5.74, 6) is 1.46. The van der Waals surface area contributed by atoms with E-state index in [4.69, 9.17) is 14.2 Å². The Bertz CT molecular complexity index is 895. The summed E-state index contributed by atoms with van der Waals surface area (Å²) in [6.07, 6.45) is 0.616. The van der Waals surface area contributed by atoms with E-state index in [0.29, 0.717) is 31.0 Å². The molecule has 1 heterocycles. The van der Waals surface area contributed by atoms with E-state index in [2.05, 4.69) is 10.6 Å². The number of rotatable bonds is 8. The number of hydrogen-bond acceptors (Lipinski definition) is 5. The fourth-order valence-electron chi connectivity index (χ4n) is 3.00. The van der Waals surface area contributed by atoms with Crippen molar-refractivity contribution >= 4 is 11.8 Å². The minimum Gasteiger partial charge on any atom is -0.496 e. The Morgan fingerprint density at radius 2 is 1.76 bits per heavy atom. The molecule has 2 aromatic rings. The van der Waals surface area contributed by atoms with Crippen LogP contribution in [-0.4, -0.2) is 32.3 Å². The highest BCUT2D eigenvalue weighted by molar-refractivity contribution is 6.04. The Labute approximate surface area is 170 Å². The molecule has 0 aromatic heterocycles. The Balaban J connectivity index is 1.50. The van der Waals surface area contributed by atoms with Gasteiger partial charge in [0.25, 0.3) is 0 Å². The Morgan fingerprint density at radius 1 is 1.03 bits per heavy atom. The van der Waals surface area contributed by atoms with Crippen molar-refractivity contribution in [3.05, 3.63) is 53.6 Å². The van der Waals surface area contributed by atoms with Crippen LogP contribution in [0.1, 0.15) is 25.0 Å². The first-order chi connectivity index (χ1) is 13.9. The quantitative estimate of drug-likeness (QED) is 0.667. The van der Waals surface area contributed by atoms with Crippen LogP contribution in [0, 0.1) is 5.41 Å². The first-order valence-corrected chi connectivity index (χ1v) is 9.49. The topological polar surface area (TPSA) is 85.9 Å². The second-order valence-electron chi connectivity index (χ2n) is 7.31. The fourth-order valence-corrected chi connectivity index (χ4v) is 3.00. The average Bonchev–Trinajstić information content (AvgIpc) is 3.20. The van der Waals surface area contributed by atoms with Gasteiger partial charge in [-0.05, 0) is 49.6 Å². The van der Waals surface area contributed by atoms with Gasteiger partial charge in [0.05, 0.1) is 7.11 Å². The largest absolute Gasteiger partial charge is 0.496 e. The van der Waals surface area contributed by atoms with Crippen LogP contribution in [0.2, 0.25) is 0 Å². The summed E-state index contributed by atoms with van der Waals surface area (Å²) in [7, 11) is 1.62. The molecule has 0 radical (unpaired) electrons. The highest BCUT2D eigenvalue weighted by atomic mass is 16.7. The summed E-state index contributed by atoms with van der Waals surface area (Å²) in [6.45, 7) is 4.14. The molecule has 0 spiro atoms. The molecular weight excluding hydrogens is 372 g/mol. The summed E-state index contributed by atoms with van der Waals surface area (Å²) >= 11 is 0. The molecule has 3 rings (SSSR count). The molecule has 2 N–H and O–H groups in total. The highest BCUT2D eigenvalue weighted by Gasteiger charge is 2.35. The number of benzene rings is 2. The summed E-state index contributed by atoms with van der Waals surface area (Å²) in [5, 5.41) is 5.67. The molecule has 0 fully saturated rings. The van der Waals surface area contributed by atoms with Crippen LogP contribution in [0.4, 0.5) is 0 Å². The van der Waals surface area contributed by atoms with Crippen molar-refractivity contribution in [2.75, 3.05) is 20.4 Å². The van der Waals surface area contributed by atoms with Gasteiger partial charge in [-0.2, -0.15) is 0 Å². The van der Waals surface area contributed by atoms with Crippen molar-refractivity contribution in [2.45, 2.75) is 26.8 Å². The number of methoxy groups -OCH3 is 1. The molecule has 2 amide bonds. The van der Waals surface area contributed by atoms with Gasteiger partial charge in [0.15, 0.2) is 11.5 Å². The summed E-state index contributed by atoms with van der Waals surface area (Å²) < 4.78 is 15.9. The number of amides is 2. The zero-order valence-electron chi connectivity index (χ0n) is 16.9. The third-order valence-corrected chi connectivity index (χ3v) is 4.90. The molecule has 0 saturated carbocycles. The predicted octanol–water partition coefficient (Wildman–Crippen LogP) is 2.43. The molecule has 0 bridgehead atoms. The maximum absolute atomic E-state index is 12.6. The van der Waals surface area contributed by atoms with E-state index in [9.17, 15) is 9.59 Å². The lowest BCUT2D eigenvalue weighted by Gasteiger charge is -2.23. The van der Waals surface area contributed by atoms with Gasteiger partial charge in [-0.25, -0.2) is 0 Å². The molecule has 7 heteroatoms. The monoisotopic (exact) mass is 398 g/mol. The second kappa shape index (κ2) is 8.86. The molecule has 1 aliphatic rings. The Kier molecular flexibility index (Phi) is 6.26. The molecule has 1 aliphatic heterocycles. The lowest BCUT2D eigenvalue weighted by Crippen LogP contribution is -2.48. The normalized spacial score (nSPS) is 12.4. The molecule has 7 nitrogen and oxygen atoms in total. The van der Waals surface area contributed by atoms with Gasteiger partial charge in [0, 0.05) is 13.1 Å². The zero-order chi connectivity index (χ0) is 20.9. The van der Waals surface area contributed by atoms with Crippen LogP contribution >= 0.6 is 0 Å². The lowest BCUT2D eigenvalue weighted by atomic mass is 9.91. The van der Waals surface area contributed by atoms with Crippen molar-refractivity contribution in [2.24, 2.45) is 5.41 Å². The van der Waals surface area contributed by atoms with Crippen molar-refractivity contribution in [3.8, 4) is 17.2 Å². The lowest BCUT2D eigenvalue weighted by molar-refractivity contribution is -0.141. The number of carbonyl (C=O) groups excluding carboxylic acids is 2. The smallest absolute Gasteiger partial charge is 0.235 e. The Hall–Kier alpha value is -3.22. The SMILES string of the molecule is COc1ccccc1CCNC(=O)C(C)(C)C(=O)NCc1ccc2c(c1)OCO2. The van der Waals surface area contributed by atoms with Crippen LogP contribution in [-0.2, 0) is 22.6 Å².